The zero-order valence-electron chi connectivity index (χ0n) is 5.17. The lowest BCUT2D eigenvalue weighted by Crippen LogP contribution is -1.92. The lowest BCUT2D eigenvalue weighted by Gasteiger charge is -1.97. The SMILES string of the molecule is Cc1ccsc1P(=O)(Cl)Cl. The molecule has 1 rings (SSSR count). The second-order valence-corrected chi connectivity index (χ2v) is 7.84. The highest BCUT2D eigenvalue weighted by molar-refractivity contribution is 8.15. The highest BCUT2D eigenvalue weighted by atomic mass is 35.9. The molecule has 0 aromatic carbocycles. The predicted molar refractivity (Wildman–Crippen MR) is 48.0 cm³/mol. The van der Waals surface area contributed by atoms with Gasteiger partial charge in [0.1, 0.15) is 0 Å². The Kier molecular flexibility index (Phi) is 2.46. The molecule has 0 bridgehead atoms. The van der Waals surface area contributed by atoms with Gasteiger partial charge in [-0.05, 0) is 46.4 Å². The van der Waals surface area contributed by atoms with Crippen molar-refractivity contribution < 1.29 is 4.57 Å². The summed E-state index contributed by atoms with van der Waals surface area (Å²) in [4.78, 5) is 0. The van der Waals surface area contributed by atoms with Crippen LogP contribution in [0.3, 0.4) is 0 Å². The van der Waals surface area contributed by atoms with Crippen molar-refractivity contribution in [2.45, 2.75) is 6.92 Å². The molecule has 0 N–H and O–H groups in total. The second-order valence-electron chi connectivity index (χ2n) is 1.87. The molecule has 0 radical (unpaired) electrons. The minimum Gasteiger partial charge on any atom is -0.283 e. The summed E-state index contributed by atoms with van der Waals surface area (Å²) in [7, 11) is 0. The van der Waals surface area contributed by atoms with Crippen molar-refractivity contribution in [2.75, 3.05) is 0 Å². The van der Waals surface area contributed by atoms with E-state index in [0.29, 0.717) is 4.62 Å². The first kappa shape index (κ1) is 8.61. The van der Waals surface area contributed by atoms with Crippen molar-refractivity contribution in [1.82, 2.24) is 0 Å². The fourth-order valence-corrected chi connectivity index (χ4v) is 3.96. The Bertz CT molecular complexity index is 277. The summed E-state index contributed by atoms with van der Waals surface area (Å²) in [5.74, 6) is -3.04. The van der Waals surface area contributed by atoms with E-state index in [-0.39, 0.29) is 0 Å². The van der Waals surface area contributed by atoms with Crippen molar-refractivity contribution in [3.8, 4) is 0 Å². The standard InChI is InChI=1S/C5H5Cl2OPS/c1-4-2-3-10-5(4)9(6,7)8/h2-3H,1H3. The van der Waals surface area contributed by atoms with E-state index in [4.69, 9.17) is 22.5 Å². The third-order valence-electron chi connectivity index (χ3n) is 1.07. The molecular weight excluding hydrogens is 210 g/mol. The Morgan fingerprint density at radius 3 is 2.40 bits per heavy atom. The van der Waals surface area contributed by atoms with Crippen LogP contribution in [0.4, 0.5) is 0 Å². The van der Waals surface area contributed by atoms with Gasteiger partial charge in [0.25, 0.3) is 5.85 Å². The van der Waals surface area contributed by atoms with E-state index in [1.54, 1.807) is 0 Å². The van der Waals surface area contributed by atoms with Gasteiger partial charge in [0.05, 0.1) is 4.62 Å². The van der Waals surface area contributed by atoms with Crippen LogP contribution in [-0.2, 0) is 4.57 Å². The maximum absolute atomic E-state index is 11.0. The fourth-order valence-electron chi connectivity index (χ4n) is 0.631. The molecule has 0 aliphatic heterocycles. The number of halogens is 2. The average Bonchev–Trinajstić information content (AvgIpc) is 2.11. The number of rotatable bonds is 1. The number of thiophene rings is 1. The first-order valence-corrected chi connectivity index (χ1v) is 6.95. The monoisotopic (exact) mass is 214 g/mol. The zero-order valence-corrected chi connectivity index (χ0v) is 8.40. The van der Waals surface area contributed by atoms with Gasteiger partial charge in [-0.1, -0.05) is 0 Å². The minimum absolute atomic E-state index is 0.593. The molecule has 1 heterocycles. The third-order valence-corrected chi connectivity index (χ3v) is 5.42. The van der Waals surface area contributed by atoms with E-state index in [9.17, 15) is 4.57 Å². The van der Waals surface area contributed by atoms with Crippen molar-refractivity contribution in [3.05, 3.63) is 17.0 Å². The summed E-state index contributed by atoms with van der Waals surface area (Å²) >= 11 is 12.2. The maximum Gasteiger partial charge on any atom is 0.291 e. The Hall–Kier alpha value is 0.510. The molecule has 56 valence electrons. The summed E-state index contributed by atoms with van der Waals surface area (Å²) in [5, 5.41) is 1.82. The van der Waals surface area contributed by atoms with Gasteiger partial charge < -0.3 is 0 Å². The molecule has 0 saturated carbocycles. The van der Waals surface area contributed by atoms with Crippen LogP contribution in [0.25, 0.3) is 0 Å². The predicted octanol–water partition coefficient (Wildman–Crippen LogP) is 3.35. The van der Waals surface area contributed by atoms with Gasteiger partial charge in [-0.3, -0.25) is 4.57 Å². The van der Waals surface area contributed by atoms with Crippen LogP contribution >= 0.6 is 39.7 Å². The molecule has 0 aliphatic carbocycles. The van der Waals surface area contributed by atoms with Crippen LogP contribution in [0.2, 0.25) is 0 Å². The van der Waals surface area contributed by atoms with Gasteiger partial charge in [-0.15, -0.1) is 11.3 Å². The first-order chi connectivity index (χ1) is 4.52. The first-order valence-electron chi connectivity index (χ1n) is 2.56. The summed E-state index contributed by atoms with van der Waals surface area (Å²) in [6.07, 6.45) is 0. The number of aryl methyl sites for hydroxylation is 1. The van der Waals surface area contributed by atoms with E-state index in [1.807, 2.05) is 18.4 Å². The number of hydrogen-bond acceptors (Lipinski definition) is 2. The summed E-state index contributed by atoms with van der Waals surface area (Å²) in [6, 6.07) is 1.84. The molecular formula is C5H5Cl2OPS. The van der Waals surface area contributed by atoms with Gasteiger partial charge in [0.2, 0.25) is 0 Å². The molecule has 0 fully saturated rings. The van der Waals surface area contributed by atoms with Gasteiger partial charge in [0, 0.05) is 0 Å². The van der Waals surface area contributed by atoms with Gasteiger partial charge in [-0.25, -0.2) is 0 Å². The Labute approximate surface area is 72.9 Å². The maximum atomic E-state index is 11.0. The van der Waals surface area contributed by atoms with Crippen LogP contribution in [0.15, 0.2) is 11.4 Å². The largest absolute Gasteiger partial charge is 0.291 e. The van der Waals surface area contributed by atoms with E-state index in [1.165, 1.54) is 11.3 Å². The summed E-state index contributed by atoms with van der Waals surface area (Å²) in [5.41, 5.74) is 0.901. The second kappa shape index (κ2) is 2.86. The van der Waals surface area contributed by atoms with E-state index < -0.39 is 5.85 Å². The van der Waals surface area contributed by atoms with Crippen LogP contribution < -0.4 is 4.62 Å². The highest BCUT2D eigenvalue weighted by Gasteiger charge is 2.20. The lowest BCUT2D eigenvalue weighted by molar-refractivity contribution is 0.598. The lowest BCUT2D eigenvalue weighted by atomic mass is 10.4. The highest BCUT2D eigenvalue weighted by Crippen LogP contribution is 2.56. The molecule has 10 heavy (non-hydrogen) atoms. The van der Waals surface area contributed by atoms with Crippen LogP contribution in [0, 0.1) is 6.92 Å². The third kappa shape index (κ3) is 1.76. The Morgan fingerprint density at radius 1 is 1.60 bits per heavy atom. The molecule has 0 amide bonds. The quantitative estimate of drug-likeness (QED) is 0.656. The summed E-state index contributed by atoms with van der Waals surface area (Å²) < 4.78 is 11.6. The molecule has 0 spiro atoms. The smallest absolute Gasteiger partial charge is 0.283 e. The van der Waals surface area contributed by atoms with Crippen LogP contribution in [-0.4, -0.2) is 0 Å². The molecule has 0 aliphatic rings. The van der Waals surface area contributed by atoms with Crippen LogP contribution in [0.1, 0.15) is 5.56 Å². The molecule has 0 atom stereocenters. The molecule has 5 heteroatoms. The topological polar surface area (TPSA) is 17.1 Å². The van der Waals surface area contributed by atoms with E-state index >= 15 is 0 Å². The molecule has 0 unspecified atom stereocenters. The Balaban J connectivity index is 3.18. The molecule has 1 aromatic rings. The van der Waals surface area contributed by atoms with Gasteiger partial charge >= 0.3 is 0 Å². The average molecular weight is 215 g/mol. The van der Waals surface area contributed by atoms with Crippen LogP contribution in [0.5, 0.6) is 0 Å². The normalized spacial score (nSPS) is 11.9. The van der Waals surface area contributed by atoms with Crippen molar-refractivity contribution in [2.24, 2.45) is 0 Å². The van der Waals surface area contributed by atoms with Gasteiger partial charge in [-0.2, -0.15) is 0 Å². The van der Waals surface area contributed by atoms with E-state index in [0.717, 1.165) is 5.56 Å². The summed E-state index contributed by atoms with van der Waals surface area (Å²) in [6.45, 7) is 1.84. The van der Waals surface area contributed by atoms with Gasteiger partial charge in [0.15, 0.2) is 0 Å². The fraction of sp³-hybridized carbons (Fsp3) is 0.200. The van der Waals surface area contributed by atoms with Crippen molar-refractivity contribution in [1.29, 1.82) is 0 Å². The zero-order chi connectivity index (χ0) is 7.78. The van der Waals surface area contributed by atoms with Crippen molar-refractivity contribution in [3.63, 3.8) is 0 Å². The minimum atomic E-state index is -3.04. The van der Waals surface area contributed by atoms with Crippen molar-refractivity contribution >= 4 is 44.3 Å². The molecule has 1 aromatic heterocycles. The molecule has 1 nitrogen and oxygen atoms in total. The Morgan fingerprint density at radius 2 is 2.20 bits per heavy atom. The number of hydrogen-bond donors (Lipinski definition) is 0. The van der Waals surface area contributed by atoms with E-state index in [2.05, 4.69) is 0 Å². The molecule has 0 saturated heterocycles.